The minimum Gasteiger partial charge on any atom is -0.335 e. The van der Waals surface area contributed by atoms with Crippen LogP contribution in [0.25, 0.3) is 0 Å². The number of carbonyl (C=O) groups is 2. The summed E-state index contributed by atoms with van der Waals surface area (Å²) in [4.78, 5) is 33.4. The molecule has 2 aliphatic rings. The van der Waals surface area contributed by atoms with Gasteiger partial charge in [-0.05, 0) is 19.8 Å². The van der Waals surface area contributed by atoms with Crippen LogP contribution < -0.4 is 0 Å². The molecule has 1 atom stereocenters. The minimum atomic E-state index is -0.219. The summed E-state index contributed by atoms with van der Waals surface area (Å²) in [5, 5.41) is 0. The van der Waals surface area contributed by atoms with Gasteiger partial charge in [0.2, 0.25) is 11.8 Å². The standard InChI is InChI=1S/C13H17N3O2S/c1-9-11(19-8-14-9)7-15-6-4-12(17)16-5-2-3-10(16)13(15)18/h8,10H,2-7H2,1H3. The molecule has 0 N–H and O–H groups in total. The van der Waals surface area contributed by atoms with Gasteiger partial charge in [0.1, 0.15) is 6.04 Å². The molecule has 1 unspecified atom stereocenters. The fourth-order valence-corrected chi connectivity index (χ4v) is 3.62. The Morgan fingerprint density at radius 1 is 1.42 bits per heavy atom. The normalized spacial score (nSPS) is 23.7. The first-order valence-corrected chi connectivity index (χ1v) is 7.52. The molecule has 3 heterocycles. The summed E-state index contributed by atoms with van der Waals surface area (Å²) in [5.41, 5.74) is 2.79. The maximum atomic E-state index is 12.5. The van der Waals surface area contributed by atoms with E-state index in [1.165, 1.54) is 0 Å². The van der Waals surface area contributed by atoms with Gasteiger partial charge >= 0.3 is 0 Å². The van der Waals surface area contributed by atoms with Crippen LogP contribution in [0.3, 0.4) is 0 Å². The highest BCUT2D eigenvalue weighted by Gasteiger charge is 2.39. The molecule has 0 spiro atoms. The monoisotopic (exact) mass is 279 g/mol. The summed E-state index contributed by atoms with van der Waals surface area (Å²) in [6.07, 6.45) is 2.19. The van der Waals surface area contributed by atoms with Crippen molar-refractivity contribution in [2.45, 2.75) is 38.8 Å². The fourth-order valence-electron chi connectivity index (χ4n) is 2.83. The third-order valence-corrected chi connectivity index (χ3v) is 4.86. The predicted molar refractivity (Wildman–Crippen MR) is 71.6 cm³/mol. The molecule has 0 aromatic carbocycles. The average Bonchev–Trinajstić information content (AvgIpc) is 3.00. The number of aromatic nitrogens is 1. The van der Waals surface area contributed by atoms with Crippen LogP contribution in [0, 0.1) is 6.92 Å². The largest absolute Gasteiger partial charge is 0.335 e. The number of nitrogens with zero attached hydrogens (tertiary/aromatic N) is 3. The van der Waals surface area contributed by atoms with Crippen LogP contribution >= 0.6 is 11.3 Å². The second kappa shape index (κ2) is 4.92. The zero-order chi connectivity index (χ0) is 13.4. The third kappa shape index (κ3) is 2.25. The molecule has 5 nitrogen and oxygen atoms in total. The highest BCUT2D eigenvalue weighted by atomic mass is 32.1. The molecule has 2 saturated heterocycles. The van der Waals surface area contributed by atoms with Crippen molar-refractivity contribution in [1.29, 1.82) is 0 Å². The van der Waals surface area contributed by atoms with Crippen molar-refractivity contribution >= 4 is 23.2 Å². The summed E-state index contributed by atoms with van der Waals surface area (Å²) in [5.74, 6) is 0.232. The fraction of sp³-hybridized carbons (Fsp3) is 0.615. The summed E-state index contributed by atoms with van der Waals surface area (Å²) in [6, 6.07) is -0.219. The lowest BCUT2D eigenvalue weighted by Gasteiger charge is -2.24. The van der Waals surface area contributed by atoms with E-state index in [0.717, 1.165) is 30.0 Å². The molecule has 0 saturated carbocycles. The molecule has 1 aromatic heterocycles. The maximum Gasteiger partial charge on any atom is 0.245 e. The van der Waals surface area contributed by atoms with Gasteiger partial charge in [-0.3, -0.25) is 9.59 Å². The van der Waals surface area contributed by atoms with Crippen molar-refractivity contribution in [2.75, 3.05) is 13.1 Å². The molecule has 0 bridgehead atoms. The van der Waals surface area contributed by atoms with E-state index >= 15 is 0 Å². The molecule has 0 radical (unpaired) electrons. The van der Waals surface area contributed by atoms with Gasteiger partial charge in [0.05, 0.1) is 17.7 Å². The second-order valence-corrected chi connectivity index (χ2v) is 6.06. The van der Waals surface area contributed by atoms with Gasteiger partial charge in [0, 0.05) is 24.4 Å². The van der Waals surface area contributed by atoms with E-state index in [1.54, 1.807) is 21.7 Å². The Bertz CT molecular complexity index is 514. The number of thiazole rings is 1. The van der Waals surface area contributed by atoms with Crippen LogP contribution in [0.5, 0.6) is 0 Å². The van der Waals surface area contributed by atoms with E-state index in [2.05, 4.69) is 4.98 Å². The zero-order valence-electron chi connectivity index (χ0n) is 11.0. The van der Waals surface area contributed by atoms with Crippen molar-refractivity contribution in [3.8, 4) is 0 Å². The molecule has 102 valence electrons. The Morgan fingerprint density at radius 2 is 2.26 bits per heavy atom. The summed E-state index contributed by atoms with van der Waals surface area (Å²) >= 11 is 1.57. The molecule has 6 heteroatoms. The van der Waals surface area contributed by atoms with Crippen LogP contribution in [-0.4, -0.2) is 45.7 Å². The Labute approximate surface area is 116 Å². The van der Waals surface area contributed by atoms with E-state index in [4.69, 9.17) is 0 Å². The van der Waals surface area contributed by atoms with Crippen molar-refractivity contribution in [1.82, 2.24) is 14.8 Å². The Balaban J connectivity index is 1.80. The van der Waals surface area contributed by atoms with Gasteiger partial charge in [-0.1, -0.05) is 0 Å². The first kappa shape index (κ1) is 12.6. The van der Waals surface area contributed by atoms with E-state index in [1.807, 2.05) is 11.8 Å². The van der Waals surface area contributed by atoms with Gasteiger partial charge in [-0.25, -0.2) is 4.98 Å². The average molecular weight is 279 g/mol. The summed E-state index contributed by atoms with van der Waals surface area (Å²) in [6.45, 7) is 3.82. The predicted octanol–water partition coefficient (Wildman–Crippen LogP) is 1.17. The van der Waals surface area contributed by atoms with Gasteiger partial charge < -0.3 is 9.80 Å². The Morgan fingerprint density at radius 3 is 3.00 bits per heavy atom. The molecule has 1 aromatic rings. The van der Waals surface area contributed by atoms with Gasteiger partial charge in [-0.15, -0.1) is 11.3 Å². The van der Waals surface area contributed by atoms with E-state index < -0.39 is 0 Å². The highest BCUT2D eigenvalue weighted by molar-refractivity contribution is 7.09. The zero-order valence-corrected chi connectivity index (χ0v) is 11.8. The molecule has 2 amide bonds. The van der Waals surface area contributed by atoms with E-state index in [0.29, 0.717) is 19.5 Å². The molecule has 3 rings (SSSR count). The SMILES string of the molecule is Cc1ncsc1CN1CCC(=O)N2CCCC2C1=O. The number of carbonyl (C=O) groups excluding carboxylic acids is 2. The number of amides is 2. The molecular weight excluding hydrogens is 262 g/mol. The van der Waals surface area contributed by atoms with Crippen LogP contribution in [0.15, 0.2) is 5.51 Å². The first-order valence-electron chi connectivity index (χ1n) is 6.64. The molecule has 19 heavy (non-hydrogen) atoms. The smallest absolute Gasteiger partial charge is 0.245 e. The molecule has 2 fully saturated rings. The second-order valence-electron chi connectivity index (χ2n) is 5.12. The molecular formula is C13H17N3O2S. The third-order valence-electron chi connectivity index (χ3n) is 3.94. The van der Waals surface area contributed by atoms with E-state index in [9.17, 15) is 9.59 Å². The lowest BCUT2D eigenvalue weighted by atomic mass is 10.2. The van der Waals surface area contributed by atoms with Crippen molar-refractivity contribution in [3.63, 3.8) is 0 Å². The van der Waals surface area contributed by atoms with Crippen molar-refractivity contribution < 1.29 is 9.59 Å². The molecule has 0 aliphatic carbocycles. The van der Waals surface area contributed by atoms with Gasteiger partial charge in [0.15, 0.2) is 0 Å². The number of hydrogen-bond acceptors (Lipinski definition) is 4. The maximum absolute atomic E-state index is 12.5. The quantitative estimate of drug-likeness (QED) is 0.816. The summed E-state index contributed by atoms with van der Waals surface area (Å²) in [7, 11) is 0. The van der Waals surface area contributed by atoms with Crippen molar-refractivity contribution in [2.24, 2.45) is 0 Å². The highest BCUT2D eigenvalue weighted by Crippen LogP contribution is 2.25. The lowest BCUT2D eigenvalue weighted by molar-refractivity contribution is -0.139. The van der Waals surface area contributed by atoms with Gasteiger partial charge in [0.25, 0.3) is 0 Å². The van der Waals surface area contributed by atoms with Crippen LogP contribution in [0.4, 0.5) is 0 Å². The Hall–Kier alpha value is -1.43. The van der Waals surface area contributed by atoms with Crippen LogP contribution in [-0.2, 0) is 16.1 Å². The Kier molecular flexibility index (Phi) is 3.26. The lowest BCUT2D eigenvalue weighted by Crippen LogP contribution is -2.43. The number of fused-ring (bicyclic) bond motifs is 1. The van der Waals surface area contributed by atoms with Crippen molar-refractivity contribution in [3.05, 3.63) is 16.1 Å². The van der Waals surface area contributed by atoms with Gasteiger partial charge in [-0.2, -0.15) is 0 Å². The number of rotatable bonds is 2. The number of hydrogen-bond donors (Lipinski definition) is 0. The summed E-state index contributed by atoms with van der Waals surface area (Å²) < 4.78 is 0. The van der Waals surface area contributed by atoms with Crippen LogP contribution in [0.2, 0.25) is 0 Å². The topological polar surface area (TPSA) is 53.5 Å². The number of aryl methyl sites for hydroxylation is 1. The first-order chi connectivity index (χ1) is 9.16. The minimum absolute atomic E-state index is 0.108. The van der Waals surface area contributed by atoms with E-state index in [-0.39, 0.29) is 17.9 Å². The molecule has 2 aliphatic heterocycles. The van der Waals surface area contributed by atoms with Crippen LogP contribution in [0.1, 0.15) is 29.8 Å².